The van der Waals surface area contributed by atoms with Gasteiger partial charge in [-0.3, -0.25) is 14.2 Å². The van der Waals surface area contributed by atoms with Crippen molar-refractivity contribution in [1.29, 1.82) is 0 Å². The van der Waals surface area contributed by atoms with E-state index in [1.54, 1.807) is 103 Å². The maximum Gasteiger partial charge on any atom is 0.398 e. The topological polar surface area (TPSA) is 129 Å². The number of hydrogen-bond acceptors (Lipinski definition) is 7. The second-order valence-electron chi connectivity index (χ2n) is 9.69. The third-order valence-electron chi connectivity index (χ3n) is 6.53. The number of para-hydroxylation sites is 1. The van der Waals surface area contributed by atoms with E-state index in [1.807, 2.05) is 6.07 Å². The molecule has 224 valence electrons. The summed E-state index contributed by atoms with van der Waals surface area (Å²) < 4.78 is 36.2. The molecule has 0 bridgehead atoms. The molecule has 0 aliphatic rings. The molecule has 9 nitrogen and oxygen atoms in total. The molecule has 2 unspecified atom stereocenters. The molecule has 43 heavy (non-hydrogen) atoms. The largest absolute Gasteiger partial charge is 0.461 e. The first-order valence-electron chi connectivity index (χ1n) is 13.6. The number of ether oxygens (including phenoxy) is 4. The first kappa shape index (κ1) is 31.7. The average molecular weight is 605 g/mol. The van der Waals surface area contributed by atoms with Crippen LogP contribution in [-0.2, 0) is 48.2 Å². The molecule has 0 aliphatic heterocycles. The van der Waals surface area contributed by atoms with Gasteiger partial charge in [-0.25, -0.2) is 0 Å². The maximum absolute atomic E-state index is 13.7. The van der Waals surface area contributed by atoms with Gasteiger partial charge < -0.3 is 28.7 Å². The quantitative estimate of drug-likeness (QED) is 0.0954. The van der Waals surface area contributed by atoms with Gasteiger partial charge in [0.2, 0.25) is 0 Å². The van der Waals surface area contributed by atoms with Crippen molar-refractivity contribution in [2.45, 2.75) is 38.2 Å². The standard InChI is InChI=1S/C33H33O9P/c34-31(39-23-26-13-5-1-6-14-26)22-21-30(32(35)40-24-27-15-7-2-8-16-27)33(43(36,37)38,42-29-19-11-4-12-20-29)41-25-28-17-9-3-10-18-28/h1-20,30H,21-25H2,(H2,36,37,38). The van der Waals surface area contributed by atoms with E-state index in [0.29, 0.717) is 11.1 Å². The summed E-state index contributed by atoms with van der Waals surface area (Å²) >= 11 is 0. The Labute approximate surface area is 250 Å². The highest BCUT2D eigenvalue weighted by atomic mass is 31.2. The van der Waals surface area contributed by atoms with Gasteiger partial charge in [0.1, 0.15) is 24.9 Å². The van der Waals surface area contributed by atoms with Crippen LogP contribution < -0.4 is 4.74 Å². The fourth-order valence-corrected chi connectivity index (χ4v) is 5.41. The molecule has 2 atom stereocenters. The van der Waals surface area contributed by atoms with Crippen molar-refractivity contribution in [3.8, 4) is 5.75 Å². The van der Waals surface area contributed by atoms with Crippen molar-refractivity contribution in [2.75, 3.05) is 0 Å². The summed E-state index contributed by atoms with van der Waals surface area (Å²) in [4.78, 5) is 48.2. The van der Waals surface area contributed by atoms with Crippen LogP contribution in [0.5, 0.6) is 5.75 Å². The zero-order valence-corrected chi connectivity index (χ0v) is 24.3. The van der Waals surface area contributed by atoms with Crippen LogP contribution in [0, 0.1) is 5.92 Å². The fraction of sp³-hybridized carbons (Fsp3) is 0.212. The van der Waals surface area contributed by atoms with Crippen molar-refractivity contribution in [3.63, 3.8) is 0 Å². The first-order chi connectivity index (χ1) is 20.8. The third-order valence-corrected chi connectivity index (χ3v) is 7.87. The maximum atomic E-state index is 13.7. The van der Waals surface area contributed by atoms with Crippen LogP contribution in [0.2, 0.25) is 0 Å². The minimum atomic E-state index is -5.44. The Morgan fingerprint density at radius 3 is 1.58 bits per heavy atom. The lowest BCUT2D eigenvalue weighted by molar-refractivity contribution is -0.198. The van der Waals surface area contributed by atoms with Gasteiger partial charge in [-0.2, -0.15) is 0 Å². The molecule has 0 radical (unpaired) electrons. The van der Waals surface area contributed by atoms with Gasteiger partial charge in [0.05, 0.1) is 6.61 Å². The molecular formula is C33H33O9P. The number of carbonyl (C=O) groups is 2. The molecule has 0 heterocycles. The van der Waals surface area contributed by atoms with Gasteiger partial charge in [0.15, 0.2) is 0 Å². The molecule has 0 saturated heterocycles. The second-order valence-corrected chi connectivity index (χ2v) is 11.4. The zero-order chi connectivity index (χ0) is 30.5. The van der Waals surface area contributed by atoms with Gasteiger partial charge in [0, 0.05) is 6.42 Å². The van der Waals surface area contributed by atoms with Gasteiger partial charge in [-0.05, 0) is 35.2 Å². The predicted molar refractivity (Wildman–Crippen MR) is 158 cm³/mol. The number of esters is 2. The SMILES string of the molecule is O=C(CCC(C(=O)OCc1ccccc1)C(OCc1ccccc1)(Oc1ccccc1)P(=O)(O)O)OCc1ccccc1. The van der Waals surface area contributed by atoms with Crippen LogP contribution in [0.25, 0.3) is 0 Å². The minimum Gasteiger partial charge on any atom is -0.461 e. The van der Waals surface area contributed by atoms with Crippen LogP contribution in [0.4, 0.5) is 0 Å². The summed E-state index contributed by atoms with van der Waals surface area (Å²) in [6.07, 6.45) is -0.763. The van der Waals surface area contributed by atoms with Gasteiger partial charge >= 0.3 is 25.1 Å². The van der Waals surface area contributed by atoms with Crippen LogP contribution in [-0.4, -0.2) is 27.3 Å². The Kier molecular flexibility index (Phi) is 11.2. The molecule has 2 N–H and O–H groups in total. The lowest BCUT2D eigenvalue weighted by atomic mass is 10.0. The van der Waals surface area contributed by atoms with E-state index in [2.05, 4.69) is 0 Å². The van der Waals surface area contributed by atoms with Crippen molar-refractivity contribution < 1.29 is 42.9 Å². The Morgan fingerprint density at radius 1 is 0.651 bits per heavy atom. The minimum absolute atomic E-state index is 0.00253. The molecule has 4 aromatic carbocycles. The molecule has 0 aromatic heterocycles. The molecule has 0 fully saturated rings. The zero-order valence-electron chi connectivity index (χ0n) is 23.4. The average Bonchev–Trinajstić information content (AvgIpc) is 3.03. The molecular weight excluding hydrogens is 571 g/mol. The highest BCUT2D eigenvalue weighted by molar-refractivity contribution is 7.53. The van der Waals surface area contributed by atoms with Crippen LogP contribution in [0.15, 0.2) is 121 Å². The van der Waals surface area contributed by atoms with Crippen LogP contribution in [0.3, 0.4) is 0 Å². The second kappa shape index (κ2) is 15.3. The number of carbonyl (C=O) groups excluding carboxylic acids is 2. The van der Waals surface area contributed by atoms with E-state index in [-0.39, 0.29) is 32.0 Å². The third kappa shape index (κ3) is 9.11. The van der Waals surface area contributed by atoms with Crippen molar-refractivity contribution >= 4 is 19.5 Å². The van der Waals surface area contributed by atoms with E-state index in [9.17, 15) is 23.9 Å². The normalized spacial score (nSPS) is 13.3. The predicted octanol–water partition coefficient (Wildman–Crippen LogP) is 6.00. The Balaban J connectivity index is 1.66. The fourth-order valence-electron chi connectivity index (χ4n) is 4.32. The smallest absolute Gasteiger partial charge is 0.398 e. The summed E-state index contributed by atoms with van der Waals surface area (Å²) in [6.45, 7) is -0.479. The van der Waals surface area contributed by atoms with Crippen LogP contribution >= 0.6 is 7.60 Å². The Hall–Kier alpha value is -4.27. The monoisotopic (exact) mass is 604 g/mol. The summed E-state index contributed by atoms with van der Waals surface area (Å²) in [5, 5.41) is 0. The highest BCUT2D eigenvalue weighted by Gasteiger charge is 2.61. The van der Waals surface area contributed by atoms with Crippen molar-refractivity contribution in [3.05, 3.63) is 138 Å². The number of rotatable bonds is 15. The Bertz CT molecular complexity index is 1480. The molecule has 0 aliphatic carbocycles. The summed E-state index contributed by atoms with van der Waals surface area (Å²) in [6, 6.07) is 34.4. The molecule has 10 heteroatoms. The highest BCUT2D eigenvalue weighted by Crippen LogP contribution is 2.57. The van der Waals surface area contributed by atoms with Crippen molar-refractivity contribution in [1.82, 2.24) is 0 Å². The molecule has 0 amide bonds. The van der Waals surface area contributed by atoms with E-state index < -0.39 is 37.4 Å². The molecule has 0 spiro atoms. The van der Waals surface area contributed by atoms with Gasteiger partial charge in [-0.1, -0.05) is 109 Å². The summed E-state index contributed by atoms with van der Waals surface area (Å²) in [7, 11) is -5.44. The molecule has 0 saturated carbocycles. The van der Waals surface area contributed by atoms with Crippen LogP contribution in [0.1, 0.15) is 29.5 Å². The lowest BCUT2D eigenvalue weighted by Gasteiger charge is -2.39. The van der Waals surface area contributed by atoms with Crippen molar-refractivity contribution in [2.24, 2.45) is 5.92 Å². The van der Waals surface area contributed by atoms with E-state index in [0.717, 1.165) is 5.56 Å². The summed E-state index contributed by atoms with van der Waals surface area (Å²) in [5.74, 6) is -3.37. The van der Waals surface area contributed by atoms with Gasteiger partial charge in [0.25, 0.3) is 0 Å². The number of hydrogen-bond donors (Lipinski definition) is 2. The number of benzene rings is 4. The lowest BCUT2D eigenvalue weighted by Crippen LogP contribution is -2.50. The molecule has 4 aromatic rings. The first-order valence-corrected chi connectivity index (χ1v) is 15.3. The van der Waals surface area contributed by atoms with E-state index in [4.69, 9.17) is 18.9 Å². The van der Waals surface area contributed by atoms with E-state index in [1.165, 1.54) is 12.1 Å². The summed E-state index contributed by atoms with van der Waals surface area (Å²) in [5.41, 5.74) is -0.834. The van der Waals surface area contributed by atoms with E-state index >= 15 is 0 Å². The molecule has 4 rings (SSSR count). The Morgan fingerprint density at radius 2 is 1.09 bits per heavy atom. The van der Waals surface area contributed by atoms with Gasteiger partial charge in [-0.15, -0.1) is 0 Å².